The molecular formula is C11H10ClN3O2S. The maximum atomic E-state index is 12.1. The number of sulfonamides is 1. The van der Waals surface area contributed by atoms with Crippen molar-refractivity contribution in [3.63, 3.8) is 0 Å². The summed E-state index contributed by atoms with van der Waals surface area (Å²) in [5, 5.41) is 0.297. The highest BCUT2D eigenvalue weighted by molar-refractivity contribution is 7.92. The molecule has 0 unspecified atom stereocenters. The van der Waals surface area contributed by atoms with Crippen molar-refractivity contribution in [2.75, 3.05) is 10.5 Å². The lowest BCUT2D eigenvalue weighted by molar-refractivity contribution is 0.601. The molecule has 5 nitrogen and oxygen atoms in total. The number of hydrogen-bond acceptors (Lipinski definition) is 4. The molecule has 0 fully saturated rings. The molecule has 1 aromatic carbocycles. The highest BCUT2D eigenvalue weighted by Crippen LogP contribution is 2.24. The number of hydrogen-bond donors (Lipinski definition) is 2. The number of anilines is 2. The topological polar surface area (TPSA) is 85.1 Å². The van der Waals surface area contributed by atoms with Crippen LogP contribution < -0.4 is 10.5 Å². The fourth-order valence-electron chi connectivity index (χ4n) is 1.36. The maximum absolute atomic E-state index is 12.1. The van der Waals surface area contributed by atoms with Gasteiger partial charge in [0.2, 0.25) is 0 Å². The van der Waals surface area contributed by atoms with Crippen molar-refractivity contribution in [2.24, 2.45) is 0 Å². The second-order valence-electron chi connectivity index (χ2n) is 3.50. The maximum Gasteiger partial charge on any atom is 0.265 e. The van der Waals surface area contributed by atoms with E-state index in [0.29, 0.717) is 5.02 Å². The molecule has 3 N–H and O–H groups in total. The molecule has 2 rings (SSSR count). The van der Waals surface area contributed by atoms with Crippen LogP contribution in [0.2, 0.25) is 5.02 Å². The van der Waals surface area contributed by atoms with Gasteiger partial charge in [0.15, 0.2) is 0 Å². The molecule has 0 bridgehead atoms. The summed E-state index contributed by atoms with van der Waals surface area (Å²) in [6.07, 6.45) is 1.49. The van der Waals surface area contributed by atoms with Gasteiger partial charge < -0.3 is 5.73 Å². The first kappa shape index (κ1) is 12.7. The van der Waals surface area contributed by atoms with E-state index in [1.807, 2.05) is 0 Å². The Morgan fingerprint density at radius 1 is 1.22 bits per heavy atom. The van der Waals surface area contributed by atoms with E-state index in [4.69, 9.17) is 17.3 Å². The summed E-state index contributed by atoms with van der Waals surface area (Å²) in [5.41, 5.74) is 5.76. The van der Waals surface area contributed by atoms with Gasteiger partial charge in [0.1, 0.15) is 10.7 Å². The van der Waals surface area contributed by atoms with Crippen LogP contribution in [0.5, 0.6) is 0 Å². The largest absolute Gasteiger partial charge is 0.398 e. The Morgan fingerprint density at radius 3 is 2.67 bits per heavy atom. The Hall–Kier alpha value is -1.79. The third-order valence-electron chi connectivity index (χ3n) is 2.17. The number of nitrogens with two attached hydrogens (primary N) is 1. The lowest BCUT2D eigenvalue weighted by Gasteiger charge is -2.09. The Balaban J connectivity index is 2.40. The van der Waals surface area contributed by atoms with E-state index in [2.05, 4.69) is 9.71 Å². The molecule has 18 heavy (non-hydrogen) atoms. The average Bonchev–Trinajstić information content (AvgIpc) is 2.33. The van der Waals surface area contributed by atoms with Gasteiger partial charge in [-0.25, -0.2) is 13.4 Å². The molecule has 7 heteroatoms. The molecule has 0 aliphatic carbocycles. The van der Waals surface area contributed by atoms with Crippen LogP contribution in [0.15, 0.2) is 47.5 Å². The molecule has 0 amide bonds. The Bertz CT molecular complexity index is 659. The molecule has 1 heterocycles. The van der Waals surface area contributed by atoms with Crippen molar-refractivity contribution in [3.8, 4) is 0 Å². The van der Waals surface area contributed by atoms with Gasteiger partial charge in [-0.2, -0.15) is 0 Å². The van der Waals surface area contributed by atoms with Gasteiger partial charge in [-0.15, -0.1) is 0 Å². The molecule has 1 aromatic heterocycles. The second-order valence-corrected chi connectivity index (χ2v) is 5.59. The minimum atomic E-state index is -3.79. The normalized spacial score (nSPS) is 11.2. The summed E-state index contributed by atoms with van der Waals surface area (Å²) in [6, 6.07) is 9.16. The molecule has 94 valence electrons. The quantitative estimate of drug-likeness (QED) is 0.845. The molecule has 0 saturated carbocycles. The van der Waals surface area contributed by atoms with Crippen molar-refractivity contribution >= 4 is 33.1 Å². The fourth-order valence-corrected chi connectivity index (χ4v) is 2.76. The SMILES string of the molecule is Nc1ccc(Cl)cc1S(=O)(=O)Nc1ccccn1. The summed E-state index contributed by atoms with van der Waals surface area (Å²) in [7, 11) is -3.79. The first-order chi connectivity index (χ1) is 8.49. The summed E-state index contributed by atoms with van der Waals surface area (Å²) < 4.78 is 26.5. The van der Waals surface area contributed by atoms with E-state index in [-0.39, 0.29) is 16.4 Å². The van der Waals surface area contributed by atoms with Crippen molar-refractivity contribution in [1.82, 2.24) is 4.98 Å². The molecule has 0 spiro atoms. The molecule has 0 radical (unpaired) electrons. The van der Waals surface area contributed by atoms with E-state index < -0.39 is 10.0 Å². The van der Waals surface area contributed by atoms with Gasteiger partial charge in [-0.3, -0.25) is 4.72 Å². The zero-order valence-electron chi connectivity index (χ0n) is 9.17. The second kappa shape index (κ2) is 4.83. The minimum Gasteiger partial charge on any atom is -0.398 e. The highest BCUT2D eigenvalue weighted by atomic mass is 35.5. The number of aromatic nitrogens is 1. The van der Waals surface area contributed by atoms with Gasteiger partial charge >= 0.3 is 0 Å². The van der Waals surface area contributed by atoms with Crippen LogP contribution in [-0.2, 0) is 10.0 Å². The van der Waals surface area contributed by atoms with Gasteiger partial charge in [-0.1, -0.05) is 17.7 Å². The van der Waals surface area contributed by atoms with Crippen LogP contribution in [0.1, 0.15) is 0 Å². The number of benzene rings is 1. The molecule has 0 aliphatic rings. The third kappa shape index (κ3) is 2.72. The van der Waals surface area contributed by atoms with Crippen LogP contribution >= 0.6 is 11.6 Å². The summed E-state index contributed by atoms with van der Waals surface area (Å²) in [5.74, 6) is 0.219. The minimum absolute atomic E-state index is 0.0688. The van der Waals surface area contributed by atoms with E-state index in [1.165, 1.54) is 30.5 Å². The monoisotopic (exact) mass is 283 g/mol. The summed E-state index contributed by atoms with van der Waals surface area (Å²) >= 11 is 5.76. The zero-order valence-corrected chi connectivity index (χ0v) is 10.7. The predicted molar refractivity (Wildman–Crippen MR) is 70.9 cm³/mol. The average molecular weight is 284 g/mol. The standard InChI is InChI=1S/C11H10ClN3O2S/c12-8-4-5-9(13)10(7-8)18(16,17)15-11-3-1-2-6-14-11/h1-7H,13H2,(H,14,15). The van der Waals surface area contributed by atoms with Crippen LogP contribution in [0.4, 0.5) is 11.5 Å². The lowest BCUT2D eigenvalue weighted by Crippen LogP contribution is -2.15. The van der Waals surface area contributed by atoms with Crippen molar-refractivity contribution in [3.05, 3.63) is 47.6 Å². The lowest BCUT2D eigenvalue weighted by atomic mass is 10.3. The Kier molecular flexibility index (Phi) is 3.40. The fraction of sp³-hybridized carbons (Fsp3) is 0. The number of nitrogens with zero attached hydrogens (tertiary/aromatic N) is 1. The van der Waals surface area contributed by atoms with E-state index in [0.717, 1.165) is 0 Å². The Morgan fingerprint density at radius 2 is 2.00 bits per heavy atom. The number of rotatable bonds is 3. The Labute approximate surface area is 110 Å². The molecule has 0 aliphatic heterocycles. The van der Waals surface area contributed by atoms with Gasteiger partial charge in [0, 0.05) is 11.2 Å². The molecular weight excluding hydrogens is 274 g/mol. The first-order valence-corrected chi connectivity index (χ1v) is 6.84. The highest BCUT2D eigenvalue weighted by Gasteiger charge is 2.18. The smallest absolute Gasteiger partial charge is 0.265 e. The van der Waals surface area contributed by atoms with Crippen LogP contribution in [0, 0.1) is 0 Å². The number of pyridine rings is 1. The summed E-state index contributed by atoms with van der Waals surface area (Å²) in [4.78, 5) is 3.81. The molecule has 2 aromatic rings. The number of halogens is 1. The van der Waals surface area contributed by atoms with Gasteiger partial charge in [0.25, 0.3) is 10.0 Å². The third-order valence-corrected chi connectivity index (χ3v) is 3.81. The van der Waals surface area contributed by atoms with E-state index in [1.54, 1.807) is 12.1 Å². The van der Waals surface area contributed by atoms with E-state index >= 15 is 0 Å². The molecule has 0 saturated heterocycles. The number of nitrogens with one attached hydrogen (secondary N) is 1. The van der Waals surface area contributed by atoms with Crippen molar-refractivity contribution in [2.45, 2.75) is 4.90 Å². The van der Waals surface area contributed by atoms with E-state index in [9.17, 15) is 8.42 Å². The molecule has 0 atom stereocenters. The van der Waals surface area contributed by atoms with Crippen molar-refractivity contribution in [1.29, 1.82) is 0 Å². The van der Waals surface area contributed by atoms with Crippen molar-refractivity contribution < 1.29 is 8.42 Å². The first-order valence-electron chi connectivity index (χ1n) is 4.98. The van der Waals surface area contributed by atoms with Crippen LogP contribution in [0.3, 0.4) is 0 Å². The van der Waals surface area contributed by atoms with Gasteiger partial charge in [-0.05, 0) is 30.3 Å². The van der Waals surface area contributed by atoms with Crippen LogP contribution in [0.25, 0.3) is 0 Å². The number of nitrogen functional groups attached to an aromatic ring is 1. The zero-order chi connectivity index (χ0) is 13.2. The van der Waals surface area contributed by atoms with Gasteiger partial charge in [0.05, 0.1) is 5.69 Å². The summed E-state index contributed by atoms with van der Waals surface area (Å²) in [6.45, 7) is 0. The predicted octanol–water partition coefficient (Wildman–Crippen LogP) is 2.12. The van der Waals surface area contributed by atoms with Crippen LogP contribution in [-0.4, -0.2) is 13.4 Å².